The lowest BCUT2D eigenvalue weighted by molar-refractivity contribution is 0.0178. The fourth-order valence-corrected chi connectivity index (χ4v) is 3.88. The summed E-state index contributed by atoms with van der Waals surface area (Å²) in [6.07, 6.45) is 0.312. The number of pyridine rings is 1. The Morgan fingerprint density at radius 3 is 2.82 bits per heavy atom. The number of ether oxygens (including phenoxy) is 2. The molecule has 1 amide bonds. The molecule has 2 aliphatic heterocycles. The predicted molar refractivity (Wildman–Crippen MR) is 99.8 cm³/mol. The van der Waals surface area contributed by atoms with Crippen LogP contribution in [0.15, 0.2) is 48.7 Å². The molecule has 0 saturated carbocycles. The monoisotopic (exact) mass is 380 g/mol. The molecule has 8 heteroatoms. The molecule has 0 bridgehead atoms. The second-order valence-corrected chi connectivity index (χ2v) is 7.11. The fraction of sp³-hybridized carbons (Fsp3) is 0.350. The molecule has 5 rings (SSSR count). The number of carbonyl (C=O) groups excluding carboxylic acids is 1. The van der Waals surface area contributed by atoms with Crippen LogP contribution in [0.2, 0.25) is 0 Å². The molecule has 2 aromatic heterocycles. The minimum Gasteiger partial charge on any atom is -0.388 e. The van der Waals surface area contributed by atoms with Crippen molar-refractivity contribution in [3.05, 3.63) is 59.9 Å². The first-order valence-electron chi connectivity index (χ1n) is 9.28. The van der Waals surface area contributed by atoms with Crippen molar-refractivity contribution in [2.24, 2.45) is 0 Å². The van der Waals surface area contributed by atoms with E-state index < -0.39 is 6.10 Å². The highest BCUT2D eigenvalue weighted by Crippen LogP contribution is 2.27. The summed E-state index contributed by atoms with van der Waals surface area (Å²) in [6, 6.07) is 13.2. The van der Waals surface area contributed by atoms with Gasteiger partial charge in [0.05, 0.1) is 31.2 Å². The van der Waals surface area contributed by atoms with Crippen LogP contribution in [0.3, 0.4) is 0 Å². The summed E-state index contributed by atoms with van der Waals surface area (Å²) in [4.78, 5) is 17.4. The average molecular weight is 380 g/mol. The molecule has 0 unspecified atom stereocenters. The number of hydrogen-bond acceptors (Lipinski definition) is 6. The molecule has 3 aromatic rings. The molecule has 0 radical (unpaired) electrons. The zero-order chi connectivity index (χ0) is 19.1. The zero-order valence-corrected chi connectivity index (χ0v) is 15.1. The smallest absolute Gasteiger partial charge is 0.272 e. The van der Waals surface area contributed by atoms with Gasteiger partial charge >= 0.3 is 0 Å². The molecule has 2 N–H and O–H groups in total. The van der Waals surface area contributed by atoms with Crippen molar-refractivity contribution in [3.8, 4) is 0 Å². The summed E-state index contributed by atoms with van der Waals surface area (Å²) >= 11 is 0. The van der Waals surface area contributed by atoms with Crippen LogP contribution in [0.25, 0.3) is 11.0 Å². The number of aromatic nitrogens is 3. The van der Waals surface area contributed by atoms with Crippen molar-refractivity contribution < 1.29 is 19.4 Å². The molecule has 28 heavy (non-hydrogen) atoms. The first-order chi connectivity index (χ1) is 13.7. The second kappa shape index (κ2) is 6.97. The summed E-state index contributed by atoms with van der Waals surface area (Å²) < 4.78 is 12.9. The highest BCUT2D eigenvalue weighted by Gasteiger charge is 2.47. The third kappa shape index (κ3) is 2.95. The van der Waals surface area contributed by atoms with Crippen LogP contribution in [-0.4, -0.2) is 63.3 Å². The maximum Gasteiger partial charge on any atom is 0.272 e. The number of aliphatic hydroxyl groups is 1. The summed E-state index contributed by atoms with van der Waals surface area (Å²) in [5.41, 5.74) is 2.05. The topological polar surface area (TPSA) is 98.5 Å². The number of carbonyl (C=O) groups is 1. The number of rotatable bonds is 4. The highest BCUT2D eigenvalue weighted by atomic mass is 16.6. The van der Waals surface area contributed by atoms with Crippen molar-refractivity contribution in [1.82, 2.24) is 20.1 Å². The Labute approximate surface area is 161 Å². The molecule has 1 aromatic carbocycles. The molecular formula is C20H20N4O4. The van der Waals surface area contributed by atoms with E-state index in [2.05, 4.69) is 15.4 Å². The number of benzene rings is 1. The van der Waals surface area contributed by atoms with Gasteiger partial charge in [-0.2, -0.15) is 5.10 Å². The molecule has 2 aliphatic rings. The molecule has 8 nitrogen and oxygen atoms in total. The van der Waals surface area contributed by atoms with Gasteiger partial charge < -0.3 is 19.9 Å². The minimum absolute atomic E-state index is 0.222. The van der Waals surface area contributed by atoms with E-state index in [1.165, 1.54) is 0 Å². The lowest BCUT2D eigenvalue weighted by atomic mass is 10.1. The number of amides is 1. The molecule has 4 heterocycles. The minimum atomic E-state index is -0.651. The van der Waals surface area contributed by atoms with E-state index in [0.717, 1.165) is 5.56 Å². The van der Waals surface area contributed by atoms with Crippen molar-refractivity contribution in [2.45, 2.75) is 30.9 Å². The first kappa shape index (κ1) is 17.3. The number of nitrogens with zero attached hydrogens (tertiary/aromatic N) is 3. The normalized spacial score (nSPS) is 26.5. The SMILES string of the molecule is O=C(N[C@H]1CO[C@H]2[C@@H]1OC[C@H]2O)c1nn(Cc2ccccc2)c2ncccc12. The fourth-order valence-electron chi connectivity index (χ4n) is 3.88. The average Bonchev–Trinajstić information content (AvgIpc) is 3.39. The van der Waals surface area contributed by atoms with Gasteiger partial charge in [0, 0.05) is 6.20 Å². The number of nitrogens with one attached hydrogen (secondary N) is 1. The molecule has 2 fully saturated rings. The van der Waals surface area contributed by atoms with Crippen molar-refractivity contribution in [1.29, 1.82) is 0 Å². The summed E-state index contributed by atoms with van der Waals surface area (Å²) in [5.74, 6) is -0.302. The van der Waals surface area contributed by atoms with Gasteiger partial charge in [0.25, 0.3) is 5.91 Å². The predicted octanol–water partition coefficient (Wildman–Crippen LogP) is 0.737. The molecule has 0 spiro atoms. The Kier molecular flexibility index (Phi) is 4.31. The Hall–Kier alpha value is -2.81. The van der Waals surface area contributed by atoms with Gasteiger partial charge in [-0.15, -0.1) is 0 Å². The van der Waals surface area contributed by atoms with Crippen molar-refractivity contribution in [2.75, 3.05) is 13.2 Å². The van der Waals surface area contributed by atoms with E-state index in [0.29, 0.717) is 29.9 Å². The maximum absolute atomic E-state index is 13.0. The van der Waals surface area contributed by atoms with Gasteiger partial charge in [0.15, 0.2) is 11.3 Å². The van der Waals surface area contributed by atoms with Crippen molar-refractivity contribution in [3.63, 3.8) is 0 Å². The van der Waals surface area contributed by atoms with Crippen LogP contribution in [0.4, 0.5) is 0 Å². The van der Waals surface area contributed by atoms with Crippen LogP contribution in [0.5, 0.6) is 0 Å². The standard InChI is InChI=1S/C20H20N4O4/c25-15-11-28-17-14(10-27-18(15)17)22-20(26)16-13-7-4-8-21-19(13)24(23-16)9-12-5-2-1-3-6-12/h1-8,14-15,17-18,25H,9-11H2,(H,22,26)/t14-,15+,17+,18+/m0/s1. The Morgan fingerprint density at radius 2 is 1.96 bits per heavy atom. The molecule has 144 valence electrons. The molecule has 2 saturated heterocycles. The van der Waals surface area contributed by atoms with Crippen LogP contribution in [0, 0.1) is 0 Å². The van der Waals surface area contributed by atoms with E-state index in [1.54, 1.807) is 16.9 Å². The van der Waals surface area contributed by atoms with E-state index >= 15 is 0 Å². The van der Waals surface area contributed by atoms with Gasteiger partial charge in [0.1, 0.15) is 18.3 Å². The zero-order valence-electron chi connectivity index (χ0n) is 15.1. The van der Waals surface area contributed by atoms with Gasteiger partial charge in [-0.3, -0.25) is 4.79 Å². The summed E-state index contributed by atoms with van der Waals surface area (Å²) in [7, 11) is 0. The summed E-state index contributed by atoms with van der Waals surface area (Å²) in [6.45, 7) is 1.05. The van der Waals surface area contributed by atoms with Crippen LogP contribution >= 0.6 is 0 Å². The van der Waals surface area contributed by atoms with Crippen LogP contribution in [-0.2, 0) is 16.0 Å². The molecule has 4 atom stereocenters. The quantitative estimate of drug-likeness (QED) is 0.693. The van der Waals surface area contributed by atoms with Crippen molar-refractivity contribution >= 4 is 16.9 Å². The largest absolute Gasteiger partial charge is 0.388 e. The molecular weight excluding hydrogens is 360 g/mol. The second-order valence-electron chi connectivity index (χ2n) is 7.11. The number of aliphatic hydroxyl groups excluding tert-OH is 1. The van der Waals surface area contributed by atoms with E-state index in [4.69, 9.17) is 9.47 Å². The summed E-state index contributed by atoms with van der Waals surface area (Å²) in [5, 5.41) is 18.1. The van der Waals surface area contributed by atoms with Gasteiger partial charge in [-0.05, 0) is 17.7 Å². The van der Waals surface area contributed by atoms with E-state index in [-0.39, 0.29) is 30.8 Å². The Morgan fingerprint density at radius 1 is 1.14 bits per heavy atom. The van der Waals surface area contributed by atoms with Gasteiger partial charge in [-0.25, -0.2) is 9.67 Å². The van der Waals surface area contributed by atoms with E-state index in [9.17, 15) is 9.90 Å². The number of fused-ring (bicyclic) bond motifs is 2. The van der Waals surface area contributed by atoms with Crippen LogP contribution in [0.1, 0.15) is 16.1 Å². The van der Waals surface area contributed by atoms with Gasteiger partial charge in [-0.1, -0.05) is 30.3 Å². The highest BCUT2D eigenvalue weighted by molar-refractivity contribution is 6.04. The maximum atomic E-state index is 13.0. The van der Waals surface area contributed by atoms with E-state index in [1.807, 2.05) is 36.4 Å². The number of hydrogen-bond donors (Lipinski definition) is 2. The third-order valence-electron chi connectivity index (χ3n) is 5.24. The Bertz CT molecular complexity index is 1010. The van der Waals surface area contributed by atoms with Gasteiger partial charge in [0.2, 0.25) is 0 Å². The lowest BCUT2D eigenvalue weighted by Crippen LogP contribution is -2.44. The Balaban J connectivity index is 1.42. The lowest BCUT2D eigenvalue weighted by Gasteiger charge is -2.16. The molecule has 0 aliphatic carbocycles. The van der Waals surface area contributed by atoms with Crippen LogP contribution < -0.4 is 5.32 Å². The first-order valence-corrected chi connectivity index (χ1v) is 9.28. The third-order valence-corrected chi connectivity index (χ3v) is 5.24.